The van der Waals surface area contributed by atoms with E-state index in [0.717, 1.165) is 37.9 Å². The second kappa shape index (κ2) is 11.8. The Kier molecular flexibility index (Phi) is 9.32. The average Bonchev–Trinajstić information content (AvgIpc) is 3.18. The third kappa shape index (κ3) is 7.24. The van der Waals surface area contributed by atoms with E-state index in [2.05, 4.69) is 12.2 Å². The van der Waals surface area contributed by atoms with Gasteiger partial charge < -0.3 is 19.5 Å². The van der Waals surface area contributed by atoms with Crippen molar-refractivity contribution in [1.82, 2.24) is 5.32 Å². The predicted octanol–water partition coefficient (Wildman–Crippen LogP) is 4.23. The van der Waals surface area contributed by atoms with E-state index in [0.29, 0.717) is 31.1 Å². The van der Waals surface area contributed by atoms with Gasteiger partial charge in [-0.1, -0.05) is 38.7 Å². The second-order valence-corrected chi connectivity index (χ2v) is 6.87. The Morgan fingerprint density at radius 1 is 1.23 bits per heavy atom. The fraction of sp³-hybridized carbons (Fsp3) is 0.667. The number of hydrogen-bond acceptors (Lipinski definition) is 4. The molecule has 0 bridgehead atoms. The fourth-order valence-corrected chi connectivity index (χ4v) is 3.08. The summed E-state index contributed by atoms with van der Waals surface area (Å²) in [4.78, 5) is 11.9. The van der Waals surface area contributed by atoms with Gasteiger partial charge in [-0.2, -0.15) is 0 Å². The molecule has 1 heterocycles. The smallest absolute Gasteiger partial charge is 0.220 e. The van der Waals surface area contributed by atoms with Gasteiger partial charge in [0, 0.05) is 19.6 Å². The van der Waals surface area contributed by atoms with Gasteiger partial charge >= 0.3 is 0 Å². The quantitative estimate of drug-likeness (QED) is 0.565. The summed E-state index contributed by atoms with van der Waals surface area (Å²) in [6.45, 7) is 4.07. The minimum atomic E-state index is 0.110. The van der Waals surface area contributed by atoms with E-state index < -0.39 is 0 Å². The zero-order chi connectivity index (χ0) is 18.6. The number of unbranched alkanes of at least 4 members (excludes halogenated alkanes) is 4. The van der Waals surface area contributed by atoms with Crippen molar-refractivity contribution in [3.8, 4) is 11.5 Å². The molecule has 0 aliphatic carbocycles. The first-order valence-corrected chi connectivity index (χ1v) is 9.91. The summed E-state index contributed by atoms with van der Waals surface area (Å²) in [6, 6.07) is 5.79. The van der Waals surface area contributed by atoms with Crippen LogP contribution in [0.15, 0.2) is 18.2 Å². The van der Waals surface area contributed by atoms with E-state index in [1.165, 1.54) is 19.3 Å². The Hall–Kier alpha value is -1.75. The highest BCUT2D eigenvalue weighted by atomic mass is 16.5. The molecule has 1 unspecified atom stereocenters. The van der Waals surface area contributed by atoms with Crippen molar-refractivity contribution in [2.45, 2.75) is 70.9 Å². The highest BCUT2D eigenvalue weighted by Gasteiger charge is 2.17. The summed E-state index contributed by atoms with van der Waals surface area (Å²) in [6.07, 6.45) is 8.71. The SMILES string of the molecule is CCCCCCCC(=O)NCc1ccc(OCC2CCCO2)c(OC)c1. The third-order valence-electron chi connectivity index (χ3n) is 4.67. The molecule has 146 valence electrons. The van der Waals surface area contributed by atoms with Gasteiger partial charge in [0.1, 0.15) is 6.61 Å². The number of nitrogens with one attached hydrogen (secondary N) is 1. The molecule has 5 nitrogen and oxygen atoms in total. The van der Waals surface area contributed by atoms with Crippen LogP contribution in [0.5, 0.6) is 11.5 Å². The van der Waals surface area contributed by atoms with Crippen molar-refractivity contribution in [2.24, 2.45) is 0 Å². The molecule has 1 fully saturated rings. The highest BCUT2D eigenvalue weighted by molar-refractivity contribution is 5.75. The van der Waals surface area contributed by atoms with E-state index in [4.69, 9.17) is 14.2 Å². The largest absolute Gasteiger partial charge is 0.493 e. The van der Waals surface area contributed by atoms with Crippen LogP contribution in [0.3, 0.4) is 0 Å². The molecule has 1 aliphatic heterocycles. The summed E-state index contributed by atoms with van der Waals surface area (Å²) < 4.78 is 16.8. The van der Waals surface area contributed by atoms with Crippen molar-refractivity contribution in [2.75, 3.05) is 20.3 Å². The zero-order valence-electron chi connectivity index (χ0n) is 16.2. The van der Waals surface area contributed by atoms with Crippen molar-refractivity contribution in [3.63, 3.8) is 0 Å². The fourth-order valence-electron chi connectivity index (χ4n) is 3.08. The molecule has 0 spiro atoms. The lowest BCUT2D eigenvalue weighted by molar-refractivity contribution is -0.121. The maximum Gasteiger partial charge on any atom is 0.220 e. The van der Waals surface area contributed by atoms with E-state index in [1.807, 2.05) is 18.2 Å². The maximum absolute atomic E-state index is 11.9. The van der Waals surface area contributed by atoms with Crippen molar-refractivity contribution >= 4 is 5.91 Å². The molecule has 1 aromatic carbocycles. The minimum absolute atomic E-state index is 0.110. The van der Waals surface area contributed by atoms with Crippen LogP contribution >= 0.6 is 0 Å². The average molecular weight is 363 g/mol. The van der Waals surface area contributed by atoms with Gasteiger partial charge in [-0.25, -0.2) is 0 Å². The van der Waals surface area contributed by atoms with Gasteiger partial charge in [0.2, 0.25) is 5.91 Å². The molecule has 1 atom stereocenters. The first kappa shape index (κ1) is 20.6. The van der Waals surface area contributed by atoms with E-state index >= 15 is 0 Å². The molecule has 5 heteroatoms. The van der Waals surface area contributed by atoms with Crippen LogP contribution in [0.1, 0.15) is 63.9 Å². The molecule has 0 radical (unpaired) electrons. The minimum Gasteiger partial charge on any atom is -0.493 e. The molecule has 1 aromatic rings. The van der Waals surface area contributed by atoms with E-state index in [-0.39, 0.29) is 12.0 Å². The number of carbonyl (C=O) groups excluding carboxylic acids is 1. The van der Waals surface area contributed by atoms with Crippen LogP contribution in [-0.4, -0.2) is 32.3 Å². The summed E-state index contributed by atoms with van der Waals surface area (Å²) in [7, 11) is 1.63. The molecule has 1 saturated heterocycles. The van der Waals surface area contributed by atoms with Crippen LogP contribution < -0.4 is 14.8 Å². The molecule has 1 amide bonds. The number of benzene rings is 1. The lowest BCUT2D eigenvalue weighted by Gasteiger charge is -2.15. The molecule has 2 rings (SSSR count). The van der Waals surface area contributed by atoms with Gasteiger partial charge in [-0.15, -0.1) is 0 Å². The van der Waals surface area contributed by atoms with Crippen molar-refractivity contribution in [3.05, 3.63) is 23.8 Å². The van der Waals surface area contributed by atoms with Gasteiger partial charge in [0.25, 0.3) is 0 Å². The Morgan fingerprint density at radius 2 is 2.08 bits per heavy atom. The topological polar surface area (TPSA) is 56.8 Å². The number of amides is 1. The Morgan fingerprint density at radius 3 is 2.81 bits per heavy atom. The maximum atomic E-state index is 11.9. The Balaban J connectivity index is 1.74. The lowest BCUT2D eigenvalue weighted by atomic mass is 10.1. The van der Waals surface area contributed by atoms with Crippen LogP contribution in [0, 0.1) is 0 Å². The van der Waals surface area contributed by atoms with Gasteiger partial charge in [0.15, 0.2) is 11.5 Å². The molecule has 26 heavy (non-hydrogen) atoms. The number of carbonyl (C=O) groups is 1. The molecule has 0 aromatic heterocycles. The molecule has 1 N–H and O–H groups in total. The van der Waals surface area contributed by atoms with Gasteiger partial charge in [-0.05, 0) is 37.0 Å². The van der Waals surface area contributed by atoms with Gasteiger partial charge in [-0.3, -0.25) is 4.79 Å². The van der Waals surface area contributed by atoms with E-state index in [1.54, 1.807) is 7.11 Å². The molecule has 0 saturated carbocycles. The predicted molar refractivity (Wildman–Crippen MR) is 103 cm³/mol. The third-order valence-corrected chi connectivity index (χ3v) is 4.67. The summed E-state index contributed by atoms with van der Waals surface area (Å²) in [5, 5.41) is 2.98. The number of methoxy groups -OCH3 is 1. The van der Waals surface area contributed by atoms with Crippen LogP contribution in [0.2, 0.25) is 0 Å². The van der Waals surface area contributed by atoms with Crippen molar-refractivity contribution < 1.29 is 19.0 Å². The number of hydrogen-bond donors (Lipinski definition) is 1. The highest BCUT2D eigenvalue weighted by Crippen LogP contribution is 2.29. The summed E-state index contributed by atoms with van der Waals surface area (Å²) in [5.74, 6) is 1.52. The van der Waals surface area contributed by atoms with Crippen LogP contribution in [0.4, 0.5) is 0 Å². The summed E-state index contributed by atoms with van der Waals surface area (Å²) in [5.41, 5.74) is 1.01. The number of rotatable bonds is 12. The molecular formula is C21H33NO4. The van der Waals surface area contributed by atoms with Gasteiger partial charge in [0.05, 0.1) is 13.2 Å². The lowest BCUT2D eigenvalue weighted by Crippen LogP contribution is -2.22. The second-order valence-electron chi connectivity index (χ2n) is 6.87. The first-order chi connectivity index (χ1) is 12.7. The van der Waals surface area contributed by atoms with Crippen LogP contribution in [-0.2, 0) is 16.1 Å². The Bertz CT molecular complexity index is 541. The molecule has 1 aliphatic rings. The van der Waals surface area contributed by atoms with Crippen LogP contribution in [0.25, 0.3) is 0 Å². The monoisotopic (exact) mass is 363 g/mol. The number of ether oxygens (including phenoxy) is 3. The van der Waals surface area contributed by atoms with E-state index in [9.17, 15) is 4.79 Å². The Labute approximate surface area is 157 Å². The zero-order valence-corrected chi connectivity index (χ0v) is 16.2. The summed E-state index contributed by atoms with van der Waals surface area (Å²) >= 11 is 0. The molecular weight excluding hydrogens is 330 g/mol. The van der Waals surface area contributed by atoms with Crippen molar-refractivity contribution in [1.29, 1.82) is 0 Å². The normalized spacial score (nSPS) is 16.5. The standard InChI is InChI=1S/C21H33NO4/c1-3-4-5-6-7-10-21(23)22-15-17-11-12-19(20(14-17)24-2)26-16-18-9-8-13-25-18/h11-12,14,18H,3-10,13,15-16H2,1-2H3,(H,22,23). The first-order valence-electron chi connectivity index (χ1n) is 9.91.